The van der Waals surface area contributed by atoms with Crippen LogP contribution < -0.4 is 10.1 Å². The Hall–Kier alpha value is -2.36. The largest absolute Gasteiger partial charge is 0.490 e. The monoisotopic (exact) mass is 335 g/mol. The Morgan fingerprint density at radius 2 is 1.56 bits per heavy atom. The zero-order valence-electron chi connectivity index (χ0n) is 14.8. The number of nitrogens with one attached hydrogen (secondary N) is 1. The van der Waals surface area contributed by atoms with Crippen LogP contribution in [-0.2, 0) is 0 Å². The topological polar surface area (TPSA) is 41.5 Å². The van der Waals surface area contributed by atoms with Crippen molar-refractivity contribution in [3.05, 3.63) is 66.7 Å². The van der Waals surface area contributed by atoms with Gasteiger partial charge in [0.15, 0.2) is 0 Å². The van der Waals surface area contributed by atoms with E-state index in [1.165, 1.54) is 11.1 Å². The Balaban J connectivity index is 1.84. The summed E-state index contributed by atoms with van der Waals surface area (Å²) in [7, 11) is 0. The highest BCUT2D eigenvalue weighted by atomic mass is 16.5. The number of fused-ring (bicyclic) bond motifs is 1. The Bertz CT molecular complexity index is 815. The minimum absolute atomic E-state index is 0.272. The molecule has 3 aromatic carbocycles. The molecule has 3 aromatic rings. The summed E-state index contributed by atoms with van der Waals surface area (Å²) in [6, 6.07) is 23.0. The van der Waals surface area contributed by atoms with Crippen molar-refractivity contribution in [2.24, 2.45) is 0 Å². The van der Waals surface area contributed by atoms with E-state index in [1.807, 2.05) is 36.4 Å². The molecule has 3 nitrogen and oxygen atoms in total. The summed E-state index contributed by atoms with van der Waals surface area (Å²) in [5.41, 5.74) is 2.37. The molecule has 0 saturated heterocycles. The fourth-order valence-corrected chi connectivity index (χ4v) is 2.88. The maximum atomic E-state index is 10.1. The van der Waals surface area contributed by atoms with Crippen molar-refractivity contribution < 1.29 is 9.84 Å². The van der Waals surface area contributed by atoms with Gasteiger partial charge in [-0.3, -0.25) is 0 Å². The van der Waals surface area contributed by atoms with E-state index in [9.17, 15) is 5.11 Å². The van der Waals surface area contributed by atoms with E-state index in [2.05, 4.69) is 49.5 Å². The van der Waals surface area contributed by atoms with E-state index >= 15 is 0 Å². The molecule has 0 unspecified atom stereocenters. The van der Waals surface area contributed by atoms with Crippen LogP contribution in [0.1, 0.15) is 13.8 Å². The molecule has 1 atom stereocenters. The normalized spacial score (nSPS) is 12.5. The average Bonchev–Trinajstić information content (AvgIpc) is 2.65. The third kappa shape index (κ3) is 4.38. The molecule has 130 valence electrons. The minimum Gasteiger partial charge on any atom is -0.490 e. The lowest BCUT2D eigenvalue weighted by atomic mass is 9.98. The average molecular weight is 335 g/mol. The quantitative estimate of drug-likeness (QED) is 0.678. The summed E-state index contributed by atoms with van der Waals surface area (Å²) in [4.78, 5) is 0. The van der Waals surface area contributed by atoms with Crippen LogP contribution in [-0.4, -0.2) is 30.4 Å². The molecule has 0 fully saturated rings. The fraction of sp³-hybridized carbons (Fsp3) is 0.273. The number of aliphatic hydroxyl groups is 1. The van der Waals surface area contributed by atoms with Gasteiger partial charge in [0.1, 0.15) is 18.5 Å². The van der Waals surface area contributed by atoms with Crippen LogP contribution in [0.2, 0.25) is 0 Å². The Morgan fingerprint density at radius 1 is 0.880 bits per heavy atom. The van der Waals surface area contributed by atoms with Crippen LogP contribution >= 0.6 is 0 Å². The summed E-state index contributed by atoms with van der Waals surface area (Å²) in [5.74, 6) is 0.805. The summed E-state index contributed by atoms with van der Waals surface area (Å²) < 4.78 is 5.91. The molecule has 0 radical (unpaired) electrons. The van der Waals surface area contributed by atoms with Crippen molar-refractivity contribution >= 4 is 10.8 Å². The molecule has 0 heterocycles. The highest BCUT2D eigenvalue weighted by molar-refractivity contribution is 6.00. The maximum absolute atomic E-state index is 10.1. The standard InChI is InChI=1S/C22H25NO2/c1-16(2)23-14-18(24)15-25-22-13-12-19(17-8-4-3-5-9-17)20-10-6-7-11-21(20)22/h3-13,16,18,23-24H,14-15H2,1-2H3/t18-/m1/s1. The van der Waals surface area contributed by atoms with E-state index in [4.69, 9.17) is 4.74 Å². The first-order chi connectivity index (χ1) is 12.1. The Kier molecular flexibility index (Phi) is 5.69. The van der Waals surface area contributed by atoms with Crippen molar-refractivity contribution in [1.29, 1.82) is 0 Å². The summed E-state index contributed by atoms with van der Waals surface area (Å²) in [6.07, 6.45) is -0.532. The van der Waals surface area contributed by atoms with Gasteiger partial charge in [0.2, 0.25) is 0 Å². The first kappa shape index (κ1) is 17.5. The molecule has 0 aliphatic carbocycles. The molecular weight excluding hydrogens is 310 g/mol. The Morgan fingerprint density at radius 3 is 2.28 bits per heavy atom. The second-order valence-corrected chi connectivity index (χ2v) is 6.55. The van der Waals surface area contributed by atoms with E-state index in [0.717, 1.165) is 16.5 Å². The zero-order chi connectivity index (χ0) is 17.6. The van der Waals surface area contributed by atoms with Crippen molar-refractivity contribution in [2.45, 2.75) is 26.0 Å². The predicted octanol–water partition coefficient (Wildman–Crippen LogP) is 4.24. The van der Waals surface area contributed by atoms with Crippen LogP contribution in [0.4, 0.5) is 0 Å². The number of benzene rings is 3. The number of aliphatic hydroxyl groups excluding tert-OH is 1. The molecule has 0 aliphatic rings. The number of hydrogen-bond acceptors (Lipinski definition) is 3. The van der Waals surface area contributed by atoms with Crippen LogP contribution in [0.15, 0.2) is 66.7 Å². The molecule has 0 saturated carbocycles. The number of rotatable bonds is 7. The van der Waals surface area contributed by atoms with E-state index in [0.29, 0.717) is 12.6 Å². The number of hydrogen-bond donors (Lipinski definition) is 2. The minimum atomic E-state index is -0.532. The lowest BCUT2D eigenvalue weighted by Gasteiger charge is -2.17. The molecule has 0 aromatic heterocycles. The lowest BCUT2D eigenvalue weighted by Crippen LogP contribution is -2.35. The lowest BCUT2D eigenvalue weighted by molar-refractivity contribution is 0.105. The smallest absolute Gasteiger partial charge is 0.127 e. The molecular formula is C22H25NO2. The van der Waals surface area contributed by atoms with Gasteiger partial charge < -0.3 is 15.2 Å². The molecule has 2 N–H and O–H groups in total. The highest BCUT2D eigenvalue weighted by Gasteiger charge is 2.11. The van der Waals surface area contributed by atoms with E-state index in [-0.39, 0.29) is 6.61 Å². The second-order valence-electron chi connectivity index (χ2n) is 6.55. The summed E-state index contributed by atoms with van der Waals surface area (Å²) in [5, 5.41) is 15.5. The van der Waals surface area contributed by atoms with Gasteiger partial charge in [-0.15, -0.1) is 0 Å². The van der Waals surface area contributed by atoms with Gasteiger partial charge in [-0.1, -0.05) is 74.5 Å². The van der Waals surface area contributed by atoms with Crippen LogP contribution in [0.3, 0.4) is 0 Å². The molecule has 3 heteroatoms. The molecule has 0 bridgehead atoms. The van der Waals surface area contributed by atoms with Crippen molar-refractivity contribution in [3.8, 4) is 16.9 Å². The molecule has 0 amide bonds. The molecule has 0 aliphatic heterocycles. The van der Waals surface area contributed by atoms with E-state index < -0.39 is 6.10 Å². The van der Waals surface area contributed by atoms with E-state index in [1.54, 1.807) is 0 Å². The third-order valence-electron chi connectivity index (χ3n) is 4.16. The SMILES string of the molecule is CC(C)NC[C@@H](O)COc1ccc(-c2ccccc2)c2ccccc12. The highest BCUT2D eigenvalue weighted by Crippen LogP contribution is 2.34. The van der Waals surface area contributed by atoms with Crippen LogP contribution in [0.25, 0.3) is 21.9 Å². The Labute approximate surface area is 149 Å². The first-order valence-corrected chi connectivity index (χ1v) is 8.76. The molecule has 0 spiro atoms. The van der Waals surface area contributed by atoms with Crippen molar-refractivity contribution in [3.63, 3.8) is 0 Å². The second kappa shape index (κ2) is 8.15. The van der Waals surface area contributed by atoms with Crippen LogP contribution in [0, 0.1) is 0 Å². The molecule has 25 heavy (non-hydrogen) atoms. The predicted molar refractivity (Wildman–Crippen MR) is 104 cm³/mol. The van der Waals surface area contributed by atoms with Crippen molar-refractivity contribution in [1.82, 2.24) is 5.32 Å². The van der Waals surface area contributed by atoms with Gasteiger partial charge in [-0.2, -0.15) is 0 Å². The summed E-state index contributed by atoms with van der Waals surface area (Å²) in [6.45, 7) is 4.92. The first-order valence-electron chi connectivity index (χ1n) is 8.76. The van der Waals surface area contributed by atoms with Crippen LogP contribution in [0.5, 0.6) is 5.75 Å². The van der Waals surface area contributed by atoms with Gasteiger partial charge in [-0.25, -0.2) is 0 Å². The zero-order valence-corrected chi connectivity index (χ0v) is 14.8. The molecule has 3 rings (SSSR count). The van der Waals surface area contributed by atoms with Gasteiger partial charge in [0.25, 0.3) is 0 Å². The van der Waals surface area contributed by atoms with Gasteiger partial charge in [0, 0.05) is 18.0 Å². The fourth-order valence-electron chi connectivity index (χ4n) is 2.88. The van der Waals surface area contributed by atoms with Crippen molar-refractivity contribution in [2.75, 3.05) is 13.2 Å². The third-order valence-corrected chi connectivity index (χ3v) is 4.16. The number of ether oxygens (including phenoxy) is 1. The van der Waals surface area contributed by atoms with Gasteiger partial charge in [0.05, 0.1) is 0 Å². The van der Waals surface area contributed by atoms with Gasteiger partial charge in [-0.05, 0) is 22.6 Å². The maximum Gasteiger partial charge on any atom is 0.127 e. The summed E-state index contributed by atoms with van der Waals surface area (Å²) >= 11 is 0. The van der Waals surface area contributed by atoms with Gasteiger partial charge >= 0.3 is 0 Å².